The minimum Gasteiger partial charge on any atom is -0.380 e. The van der Waals surface area contributed by atoms with Gasteiger partial charge in [0, 0.05) is 24.6 Å². The molecule has 1 aromatic heterocycles. The van der Waals surface area contributed by atoms with Crippen molar-refractivity contribution in [3.63, 3.8) is 0 Å². The van der Waals surface area contributed by atoms with Crippen molar-refractivity contribution >= 4 is 23.2 Å². The van der Waals surface area contributed by atoms with Gasteiger partial charge in [0.2, 0.25) is 0 Å². The fourth-order valence-electron chi connectivity index (χ4n) is 6.10. The minimum absolute atomic E-state index is 0.000289. The molecule has 0 aliphatic heterocycles. The molecule has 3 saturated carbocycles. The van der Waals surface area contributed by atoms with E-state index in [4.69, 9.17) is 11.6 Å². The Morgan fingerprint density at radius 3 is 2.43 bits per heavy atom. The number of halogens is 5. The number of carbonyl (C=O) groups is 1. The molecular formula is C26H26ClF4N3O3. The van der Waals surface area contributed by atoms with Crippen molar-refractivity contribution in [2.45, 2.75) is 61.8 Å². The van der Waals surface area contributed by atoms with Gasteiger partial charge in [0.05, 0.1) is 17.0 Å². The third-order valence-corrected chi connectivity index (χ3v) is 8.28. The van der Waals surface area contributed by atoms with E-state index in [-0.39, 0.29) is 22.8 Å². The minimum atomic E-state index is -4.67. The van der Waals surface area contributed by atoms with Crippen LogP contribution < -0.4 is 5.32 Å². The number of benzene rings is 1. The van der Waals surface area contributed by atoms with Crippen molar-refractivity contribution in [1.82, 2.24) is 9.55 Å². The number of aliphatic hydroxyl groups is 2. The SMILES string of the molecule is Cn1cnc(C2CC3CC(O)(C#CC4CC(O)(C(F)(F)F)C4)CC3C2)c1C(=O)Nc1ccc(F)c(Cl)c1. The van der Waals surface area contributed by atoms with E-state index in [0.717, 1.165) is 0 Å². The predicted molar refractivity (Wildman–Crippen MR) is 127 cm³/mol. The van der Waals surface area contributed by atoms with Crippen molar-refractivity contribution in [2.24, 2.45) is 24.8 Å². The molecule has 2 atom stereocenters. The van der Waals surface area contributed by atoms with Crippen LogP contribution in [0, 0.1) is 35.4 Å². The van der Waals surface area contributed by atoms with Gasteiger partial charge < -0.3 is 20.1 Å². The van der Waals surface area contributed by atoms with Crippen LogP contribution in [0.15, 0.2) is 24.5 Å². The van der Waals surface area contributed by atoms with Crippen molar-refractivity contribution in [3.05, 3.63) is 46.8 Å². The fourth-order valence-corrected chi connectivity index (χ4v) is 6.28. The van der Waals surface area contributed by atoms with Crippen LogP contribution in [0.4, 0.5) is 23.2 Å². The lowest BCUT2D eigenvalue weighted by Crippen LogP contribution is -2.54. The summed E-state index contributed by atoms with van der Waals surface area (Å²) in [5, 5.41) is 23.2. The lowest BCUT2D eigenvalue weighted by atomic mass is 9.70. The van der Waals surface area contributed by atoms with E-state index in [1.54, 1.807) is 17.9 Å². The maximum Gasteiger partial charge on any atom is 0.417 e. The third kappa shape index (κ3) is 4.85. The molecule has 198 valence electrons. The summed E-state index contributed by atoms with van der Waals surface area (Å²) in [4.78, 5) is 17.5. The Labute approximate surface area is 216 Å². The fraction of sp³-hybridized carbons (Fsp3) is 0.538. The molecule has 0 saturated heterocycles. The van der Waals surface area contributed by atoms with Crippen molar-refractivity contribution in [3.8, 4) is 11.8 Å². The smallest absolute Gasteiger partial charge is 0.380 e. The predicted octanol–water partition coefficient (Wildman–Crippen LogP) is 4.81. The zero-order chi connectivity index (χ0) is 26.8. The molecule has 3 aliphatic rings. The summed E-state index contributed by atoms with van der Waals surface area (Å²) in [6.07, 6.45) is -1.84. The molecule has 6 nitrogen and oxygen atoms in total. The Bertz CT molecular complexity index is 1280. The number of rotatable bonds is 3. The lowest BCUT2D eigenvalue weighted by molar-refractivity contribution is -0.293. The first-order chi connectivity index (χ1) is 17.3. The van der Waals surface area contributed by atoms with Gasteiger partial charge in [0.15, 0.2) is 5.60 Å². The van der Waals surface area contributed by atoms with Gasteiger partial charge in [-0.05, 0) is 68.6 Å². The molecule has 2 aromatic rings. The molecule has 1 aromatic carbocycles. The lowest BCUT2D eigenvalue weighted by Gasteiger charge is -2.42. The molecule has 0 bridgehead atoms. The van der Waals surface area contributed by atoms with Crippen LogP contribution in [0.1, 0.15) is 60.6 Å². The molecule has 3 aliphatic carbocycles. The van der Waals surface area contributed by atoms with Crippen LogP contribution in [0.25, 0.3) is 0 Å². The topological polar surface area (TPSA) is 87.4 Å². The highest BCUT2D eigenvalue weighted by Crippen LogP contribution is 2.54. The number of alkyl halides is 3. The van der Waals surface area contributed by atoms with Gasteiger partial charge in [0.1, 0.15) is 17.1 Å². The molecule has 1 heterocycles. The summed E-state index contributed by atoms with van der Waals surface area (Å²) < 4.78 is 53.6. The zero-order valence-corrected chi connectivity index (χ0v) is 20.7. The van der Waals surface area contributed by atoms with E-state index in [1.807, 2.05) is 0 Å². The standard InChI is InChI=1S/C26H26ClF4N3O3/c1-34-13-32-21(22(34)23(35)33-18-2-3-20(28)19(27)8-18)15-6-16-11-24(36,12-17(16)7-15)5-4-14-9-25(37,10-14)26(29,30)31/h2-3,8,13-17,36-37H,6-7,9-12H2,1H3,(H,33,35). The maximum absolute atomic E-state index is 13.5. The van der Waals surface area contributed by atoms with E-state index in [9.17, 15) is 32.6 Å². The maximum atomic E-state index is 13.5. The summed E-state index contributed by atoms with van der Waals surface area (Å²) in [6, 6.07) is 3.93. The van der Waals surface area contributed by atoms with Crippen molar-refractivity contribution in [1.29, 1.82) is 0 Å². The molecule has 37 heavy (non-hydrogen) atoms. The van der Waals surface area contributed by atoms with E-state index in [1.165, 1.54) is 18.2 Å². The van der Waals surface area contributed by atoms with Crippen molar-refractivity contribution in [2.75, 3.05) is 5.32 Å². The van der Waals surface area contributed by atoms with E-state index < -0.39 is 47.9 Å². The number of nitrogens with zero attached hydrogens (tertiary/aromatic N) is 2. The van der Waals surface area contributed by atoms with Gasteiger partial charge in [-0.3, -0.25) is 4.79 Å². The number of aromatic nitrogens is 2. The van der Waals surface area contributed by atoms with Gasteiger partial charge in [-0.15, -0.1) is 0 Å². The van der Waals surface area contributed by atoms with E-state index in [2.05, 4.69) is 22.1 Å². The van der Waals surface area contributed by atoms with Gasteiger partial charge in [-0.1, -0.05) is 23.4 Å². The second-order valence-electron chi connectivity index (χ2n) is 10.7. The first-order valence-electron chi connectivity index (χ1n) is 12.1. The Hall–Kier alpha value is -2.61. The van der Waals surface area contributed by atoms with Gasteiger partial charge in [0.25, 0.3) is 5.91 Å². The van der Waals surface area contributed by atoms with Gasteiger partial charge in [-0.2, -0.15) is 13.2 Å². The Kier molecular flexibility index (Phi) is 6.33. The summed E-state index contributed by atoms with van der Waals surface area (Å²) in [7, 11) is 1.72. The zero-order valence-electron chi connectivity index (χ0n) is 19.9. The molecule has 3 fully saturated rings. The Balaban J connectivity index is 1.23. The summed E-state index contributed by atoms with van der Waals surface area (Å²) >= 11 is 5.82. The quantitative estimate of drug-likeness (QED) is 0.386. The van der Waals surface area contributed by atoms with Crippen molar-refractivity contribution < 1.29 is 32.6 Å². The molecule has 11 heteroatoms. The number of nitrogens with one attached hydrogen (secondary N) is 1. The number of imidazole rings is 1. The second kappa shape index (κ2) is 9.00. The number of hydrogen-bond donors (Lipinski definition) is 3. The Morgan fingerprint density at radius 2 is 1.84 bits per heavy atom. The van der Waals surface area contributed by atoms with Gasteiger partial charge >= 0.3 is 6.18 Å². The van der Waals surface area contributed by atoms with Crippen LogP contribution in [-0.2, 0) is 7.05 Å². The summed E-state index contributed by atoms with van der Waals surface area (Å²) in [5.74, 6) is 4.29. The second-order valence-corrected chi connectivity index (χ2v) is 11.1. The molecule has 3 N–H and O–H groups in total. The average Bonchev–Trinajstić information content (AvgIpc) is 3.43. The summed E-state index contributed by atoms with van der Waals surface area (Å²) in [6.45, 7) is 0. The largest absolute Gasteiger partial charge is 0.417 e. The molecule has 2 unspecified atom stereocenters. The van der Waals surface area contributed by atoms with E-state index in [0.29, 0.717) is 42.8 Å². The molecule has 1 amide bonds. The third-order valence-electron chi connectivity index (χ3n) is 7.99. The number of fused-ring (bicyclic) bond motifs is 1. The van der Waals surface area contributed by atoms with Crippen LogP contribution in [-0.4, -0.2) is 43.0 Å². The number of carbonyl (C=O) groups excluding carboxylic acids is 1. The van der Waals surface area contributed by atoms with Gasteiger partial charge in [-0.25, -0.2) is 9.37 Å². The highest BCUT2D eigenvalue weighted by molar-refractivity contribution is 6.31. The summed E-state index contributed by atoms with van der Waals surface area (Å²) in [5.41, 5.74) is -2.54. The number of hydrogen-bond acceptors (Lipinski definition) is 4. The highest BCUT2D eigenvalue weighted by atomic mass is 35.5. The highest BCUT2D eigenvalue weighted by Gasteiger charge is 2.61. The van der Waals surface area contributed by atoms with Crippen LogP contribution in [0.2, 0.25) is 5.02 Å². The number of anilines is 1. The average molecular weight is 540 g/mol. The molecule has 5 rings (SSSR count). The molecule has 0 radical (unpaired) electrons. The Morgan fingerprint density at radius 1 is 1.19 bits per heavy atom. The normalized spacial score (nSPS) is 32.9. The molecular weight excluding hydrogens is 514 g/mol. The van der Waals surface area contributed by atoms with Crippen LogP contribution in [0.3, 0.4) is 0 Å². The van der Waals surface area contributed by atoms with Crippen LogP contribution >= 0.6 is 11.6 Å². The molecule has 0 spiro atoms. The first-order valence-corrected chi connectivity index (χ1v) is 12.5. The number of amides is 1. The van der Waals surface area contributed by atoms with E-state index >= 15 is 0 Å². The number of aryl methyl sites for hydroxylation is 1. The first kappa shape index (κ1) is 26.0. The monoisotopic (exact) mass is 539 g/mol. The van der Waals surface area contributed by atoms with Crippen LogP contribution in [0.5, 0.6) is 0 Å².